The highest BCUT2D eigenvalue weighted by atomic mass is 35.5. The van der Waals surface area contributed by atoms with Crippen molar-refractivity contribution in [2.45, 2.75) is 32.7 Å². The van der Waals surface area contributed by atoms with E-state index in [1.807, 2.05) is 12.1 Å². The first-order valence-corrected chi connectivity index (χ1v) is 7.16. The number of hydrogen-bond acceptors (Lipinski definition) is 2. The SMILES string of the molecule is Cc1cccc(Cl)c1NC(C)C1CCCN(C)C1. The maximum atomic E-state index is 6.27. The Morgan fingerprint density at radius 3 is 2.89 bits per heavy atom. The van der Waals surface area contributed by atoms with Gasteiger partial charge in [-0.1, -0.05) is 23.7 Å². The van der Waals surface area contributed by atoms with Gasteiger partial charge in [0.2, 0.25) is 0 Å². The second-order valence-corrected chi connectivity index (χ2v) is 5.94. The Morgan fingerprint density at radius 2 is 2.22 bits per heavy atom. The van der Waals surface area contributed by atoms with Gasteiger partial charge >= 0.3 is 0 Å². The summed E-state index contributed by atoms with van der Waals surface area (Å²) in [6.45, 7) is 6.78. The van der Waals surface area contributed by atoms with Crippen LogP contribution >= 0.6 is 11.6 Å². The predicted octanol–water partition coefficient (Wildman–Crippen LogP) is 3.79. The lowest BCUT2D eigenvalue weighted by atomic mass is 9.91. The van der Waals surface area contributed by atoms with Gasteiger partial charge in [-0.05, 0) is 57.8 Å². The molecule has 1 saturated heterocycles. The van der Waals surface area contributed by atoms with Crippen LogP contribution in [0.4, 0.5) is 5.69 Å². The maximum absolute atomic E-state index is 6.27. The fourth-order valence-electron chi connectivity index (χ4n) is 2.77. The second-order valence-electron chi connectivity index (χ2n) is 5.53. The van der Waals surface area contributed by atoms with Crippen molar-refractivity contribution in [1.29, 1.82) is 0 Å². The van der Waals surface area contributed by atoms with E-state index >= 15 is 0 Å². The minimum Gasteiger partial charge on any atom is -0.381 e. The highest BCUT2D eigenvalue weighted by Gasteiger charge is 2.23. The van der Waals surface area contributed by atoms with Crippen LogP contribution in [0.5, 0.6) is 0 Å². The molecule has 2 unspecified atom stereocenters. The summed E-state index contributed by atoms with van der Waals surface area (Å²) >= 11 is 6.27. The van der Waals surface area contributed by atoms with Gasteiger partial charge in [0.15, 0.2) is 0 Å². The molecule has 2 rings (SSSR count). The van der Waals surface area contributed by atoms with Crippen LogP contribution < -0.4 is 5.32 Å². The normalized spacial score (nSPS) is 22.8. The molecule has 0 aliphatic carbocycles. The van der Waals surface area contributed by atoms with Crippen molar-refractivity contribution in [3.05, 3.63) is 28.8 Å². The number of halogens is 1. The lowest BCUT2D eigenvalue weighted by Gasteiger charge is -2.34. The summed E-state index contributed by atoms with van der Waals surface area (Å²) in [5.41, 5.74) is 2.32. The van der Waals surface area contributed by atoms with Gasteiger partial charge in [0.05, 0.1) is 10.7 Å². The maximum Gasteiger partial charge on any atom is 0.0640 e. The van der Waals surface area contributed by atoms with Crippen molar-refractivity contribution in [2.24, 2.45) is 5.92 Å². The Morgan fingerprint density at radius 1 is 1.44 bits per heavy atom. The lowest BCUT2D eigenvalue weighted by Crippen LogP contribution is -2.40. The number of nitrogens with one attached hydrogen (secondary N) is 1. The number of aryl methyl sites for hydroxylation is 1. The summed E-state index contributed by atoms with van der Waals surface area (Å²) in [6, 6.07) is 6.53. The zero-order valence-electron chi connectivity index (χ0n) is 11.5. The predicted molar refractivity (Wildman–Crippen MR) is 79.5 cm³/mol. The molecule has 2 nitrogen and oxygen atoms in total. The van der Waals surface area contributed by atoms with Crippen molar-refractivity contribution in [2.75, 3.05) is 25.5 Å². The smallest absolute Gasteiger partial charge is 0.0640 e. The van der Waals surface area contributed by atoms with Crippen molar-refractivity contribution < 1.29 is 0 Å². The van der Waals surface area contributed by atoms with Gasteiger partial charge in [0.1, 0.15) is 0 Å². The molecule has 1 heterocycles. The zero-order chi connectivity index (χ0) is 13.1. The van der Waals surface area contributed by atoms with Gasteiger partial charge in [0, 0.05) is 12.6 Å². The Balaban J connectivity index is 2.04. The third kappa shape index (κ3) is 3.18. The van der Waals surface area contributed by atoms with Crippen LogP contribution in [-0.4, -0.2) is 31.1 Å². The molecule has 1 aliphatic heterocycles. The Hall–Kier alpha value is -0.730. The summed E-state index contributed by atoms with van der Waals surface area (Å²) in [4.78, 5) is 2.42. The first-order valence-electron chi connectivity index (χ1n) is 6.78. The summed E-state index contributed by atoms with van der Waals surface area (Å²) in [5.74, 6) is 0.708. The second kappa shape index (κ2) is 5.94. The number of piperidine rings is 1. The minimum absolute atomic E-state index is 0.464. The van der Waals surface area contributed by atoms with Crippen LogP contribution in [0.25, 0.3) is 0 Å². The van der Waals surface area contributed by atoms with Crippen molar-refractivity contribution in [3.8, 4) is 0 Å². The lowest BCUT2D eigenvalue weighted by molar-refractivity contribution is 0.197. The quantitative estimate of drug-likeness (QED) is 0.896. The van der Waals surface area contributed by atoms with Crippen LogP contribution in [0.1, 0.15) is 25.3 Å². The number of nitrogens with zero attached hydrogens (tertiary/aromatic N) is 1. The minimum atomic E-state index is 0.464. The molecule has 2 atom stereocenters. The zero-order valence-corrected chi connectivity index (χ0v) is 12.3. The van der Waals surface area contributed by atoms with E-state index in [4.69, 9.17) is 11.6 Å². The number of hydrogen-bond donors (Lipinski definition) is 1. The van der Waals surface area contributed by atoms with Crippen molar-refractivity contribution >= 4 is 17.3 Å². The molecule has 1 aromatic rings. The molecule has 0 radical (unpaired) electrons. The topological polar surface area (TPSA) is 15.3 Å². The van der Waals surface area contributed by atoms with Gasteiger partial charge in [-0.3, -0.25) is 0 Å². The highest BCUT2D eigenvalue weighted by molar-refractivity contribution is 6.33. The molecule has 100 valence electrons. The first-order chi connectivity index (χ1) is 8.58. The van der Waals surface area contributed by atoms with Crippen LogP contribution in [0, 0.1) is 12.8 Å². The summed E-state index contributed by atoms with van der Waals surface area (Å²) in [5, 5.41) is 4.44. The van der Waals surface area contributed by atoms with E-state index in [0.717, 1.165) is 10.7 Å². The standard InChI is InChI=1S/C15H23ClN2/c1-11-6-4-8-14(16)15(11)17-12(2)13-7-5-9-18(3)10-13/h4,6,8,12-13,17H,5,7,9-10H2,1-3H3. The average molecular weight is 267 g/mol. The van der Waals surface area contributed by atoms with Crippen molar-refractivity contribution in [1.82, 2.24) is 4.90 Å². The summed E-state index contributed by atoms with van der Waals surface area (Å²) in [6.07, 6.45) is 2.61. The number of likely N-dealkylation sites (tertiary alicyclic amines) is 1. The average Bonchev–Trinajstić information content (AvgIpc) is 2.34. The number of para-hydroxylation sites is 1. The van der Waals surface area contributed by atoms with Crippen LogP contribution in [0.15, 0.2) is 18.2 Å². The molecular weight excluding hydrogens is 244 g/mol. The molecular formula is C15H23ClN2. The van der Waals surface area contributed by atoms with E-state index in [1.165, 1.54) is 31.5 Å². The van der Waals surface area contributed by atoms with Gasteiger partial charge in [-0.2, -0.15) is 0 Å². The van der Waals surface area contributed by atoms with E-state index in [9.17, 15) is 0 Å². The van der Waals surface area contributed by atoms with Gasteiger partial charge < -0.3 is 10.2 Å². The Kier molecular flexibility index (Phi) is 4.52. The van der Waals surface area contributed by atoms with Crippen molar-refractivity contribution in [3.63, 3.8) is 0 Å². The molecule has 1 N–H and O–H groups in total. The summed E-state index contributed by atoms with van der Waals surface area (Å²) < 4.78 is 0. The molecule has 0 bridgehead atoms. The van der Waals surface area contributed by atoms with Crippen LogP contribution in [0.2, 0.25) is 5.02 Å². The third-order valence-corrected chi connectivity index (χ3v) is 4.28. The van der Waals surface area contributed by atoms with E-state index in [2.05, 4.69) is 37.2 Å². The molecule has 18 heavy (non-hydrogen) atoms. The monoisotopic (exact) mass is 266 g/mol. The fraction of sp³-hybridized carbons (Fsp3) is 0.600. The molecule has 1 aromatic carbocycles. The highest BCUT2D eigenvalue weighted by Crippen LogP contribution is 2.28. The number of benzene rings is 1. The first kappa shape index (κ1) is 13.7. The van der Waals surface area contributed by atoms with Crippen LogP contribution in [-0.2, 0) is 0 Å². The summed E-state index contributed by atoms with van der Waals surface area (Å²) in [7, 11) is 2.21. The molecule has 1 fully saturated rings. The molecule has 0 amide bonds. The number of rotatable bonds is 3. The van der Waals surface area contributed by atoms with Gasteiger partial charge in [-0.25, -0.2) is 0 Å². The third-order valence-electron chi connectivity index (χ3n) is 3.96. The fourth-order valence-corrected chi connectivity index (χ4v) is 3.05. The largest absolute Gasteiger partial charge is 0.381 e. The van der Waals surface area contributed by atoms with Gasteiger partial charge in [-0.15, -0.1) is 0 Å². The number of anilines is 1. The van der Waals surface area contributed by atoms with E-state index in [-0.39, 0.29) is 0 Å². The Bertz CT molecular complexity index is 385. The molecule has 0 spiro atoms. The molecule has 3 heteroatoms. The molecule has 0 aromatic heterocycles. The Labute approximate surface area is 115 Å². The molecule has 1 aliphatic rings. The van der Waals surface area contributed by atoms with Crippen LogP contribution in [0.3, 0.4) is 0 Å². The molecule has 0 saturated carbocycles. The van der Waals surface area contributed by atoms with Gasteiger partial charge in [0.25, 0.3) is 0 Å². The van der Waals surface area contributed by atoms with E-state index in [0.29, 0.717) is 12.0 Å². The van der Waals surface area contributed by atoms with E-state index < -0.39 is 0 Å². The van der Waals surface area contributed by atoms with E-state index in [1.54, 1.807) is 0 Å².